The Labute approximate surface area is 169 Å². The highest BCUT2D eigenvalue weighted by Crippen LogP contribution is 2.54. The molecule has 1 aliphatic heterocycles. The molecule has 0 N–H and O–H groups in total. The maximum Gasteiger partial charge on any atom is 0.0511 e. The van der Waals surface area contributed by atoms with Gasteiger partial charge in [0, 0.05) is 32.5 Å². The Kier molecular flexibility index (Phi) is 4.31. The van der Waals surface area contributed by atoms with Gasteiger partial charge in [0.25, 0.3) is 0 Å². The third-order valence-electron chi connectivity index (χ3n) is 5.05. The lowest BCUT2D eigenvalue weighted by molar-refractivity contribution is 0.876. The van der Waals surface area contributed by atoms with Crippen molar-refractivity contribution in [3.63, 3.8) is 0 Å². The Bertz CT molecular complexity index is 987. The highest BCUT2D eigenvalue weighted by Gasteiger charge is 2.35. The Balaban J connectivity index is 1.70. The smallest absolute Gasteiger partial charge is 0.0511 e. The monoisotopic (exact) mass is 387 g/mol. The van der Waals surface area contributed by atoms with Crippen molar-refractivity contribution in [1.29, 1.82) is 0 Å². The first-order chi connectivity index (χ1) is 13.3. The van der Waals surface area contributed by atoms with E-state index in [2.05, 4.69) is 95.9 Å². The average molecular weight is 388 g/mol. The second kappa shape index (κ2) is 6.95. The number of fused-ring (bicyclic) bond motifs is 3. The Hall–Kier alpha value is -2.42. The number of nitrogens with zero attached hydrogens (tertiary/aromatic N) is 1. The summed E-state index contributed by atoms with van der Waals surface area (Å²) in [5.41, 5.74) is 4.95. The number of anilines is 3. The first kappa shape index (κ1) is 16.7. The molecule has 2 unspecified atom stereocenters. The standard InChI is InChI=1S/C24H18ClNS/c25-17-14-15-20-23(16-17)27-22-13-7-12-21(24(20)22)26(18-8-3-1-4-9-18)19-10-5-2-6-11-19/h1-16,20,23H. The SMILES string of the molecule is ClC1=CC2Sc3cccc(N(c4ccccc4)c4ccccc4)c3C2C=C1. The lowest BCUT2D eigenvalue weighted by Gasteiger charge is -2.29. The Morgan fingerprint density at radius 1 is 0.778 bits per heavy atom. The van der Waals surface area contributed by atoms with E-state index in [0.717, 1.165) is 5.03 Å². The van der Waals surface area contributed by atoms with Crippen molar-refractivity contribution < 1.29 is 0 Å². The second-order valence-corrected chi connectivity index (χ2v) is 8.37. The highest BCUT2D eigenvalue weighted by atomic mass is 35.5. The van der Waals surface area contributed by atoms with E-state index in [1.807, 2.05) is 17.8 Å². The zero-order valence-electron chi connectivity index (χ0n) is 14.6. The molecule has 0 amide bonds. The van der Waals surface area contributed by atoms with Gasteiger partial charge in [-0.05, 0) is 48.0 Å². The number of para-hydroxylation sites is 2. The maximum absolute atomic E-state index is 6.27. The van der Waals surface area contributed by atoms with Crippen molar-refractivity contribution in [3.05, 3.63) is 108 Å². The third kappa shape index (κ3) is 2.99. The van der Waals surface area contributed by atoms with Crippen LogP contribution in [0.1, 0.15) is 11.5 Å². The van der Waals surface area contributed by atoms with Crippen LogP contribution in [-0.4, -0.2) is 5.25 Å². The van der Waals surface area contributed by atoms with E-state index in [9.17, 15) is 0 Å². The first-order valence-electron chi connectivity index (χ1n) is 9.06. The summed E-state index contributed by atoms with van der Waals surface area (Å²) in [6.07, 6.45) is 6.46. The molecule has 3 aromatic rings. The van der Waals surface area contributed by atoms with Crippen molar-refractivity contribution >= 4 is 40.4 Å². The van der Waals surface area contributed by atoms with Gasteiger partial charge in [0.15, 0.2) is 0 Å². The van der Waals surface area contributed by atoms with Crippen LogP contribution in [0, 0.1) is 0 Å². The van der Waals surface area contributed by atoms with Crippen LogP contribution in [0.4, 0.5) is 17.1 Å². The van der Waals surface area contributed by atoms with E-state index in [-0.39, 0.29) is 0 Å². The third-order valence-corrected chi connectivity index (χ3v) is 6.61. The van der Waals surface area contributed by atoms with Gasteiger partial charge in [-0.1, -0.05) is 66.2 Å². The van der Waals surface area contributed by atoms with Gasteiger partial charge in [0.05, 0.1) is 5.69 Å². The molecule has 1 heterocycles. The molecule has 0 fully saturated rings. The van der Waals surface area contributed by atoms with Crippen molar-refractivity contribution in [2.45, 2.75) is 16.1 Å². The summed E-state index contributed by atoms with van der Waals surface area (Å²) in [4.78, 5) is 3.70. The first-order valence-corrected chi connectivity index (χ1v) is 10.3. The van der Waals surface area contributed by atoms with Crippen molar-refractivity contribution in [2.75, 3.05) is 4.90 Å². The van der Waals surface area contributed by atoms with E-state index in [4.69, 9.17) is 11.6 Å². The molecule has 0 radical (unpaired) electrons. The fourth-order valence-corrected chi connectivity index (χ4v) is 5.57. The number of halogens is 1. The largest absolute Gasteiger partial charge is 0.310 e. The predicted molar refractivity (Wildman–Crippen MR) is 117 cm³/mol. The molecular weight excluding hydrogens is 370 g/mol. The summed E-state index contributed by atoms with van der Waals surface area (Å²) >= 11 is 8.18. The van der Waals surface area contributed by atoms with Gasteiger partial charge in [-0.15, -0.1) is 11.8 Å². The molecule has 5 rings (SSSR count). The van der Waals surface area contributed by atoms with Crippen LogP contribution in [0.2, 0.25) is 0 Å². The molecule has 27 heavy (non-hydrogen) atoms. The van der Waals surface area contributed by atoms with E-state index in [0.29, 0.717) is 11.2 Å². The summed E-state index contributed by atoms with van der Waals surface area (Å²) in [6, 6.07) is 27.8. The molecule has 3 aromatic carbocycles. The number of hydrogen-bond donors (Lipinski definition) is 0. The zero-order chi connectivity index (χ0) is 18.2. The van der Waals surface area contributed by atoms with Gasteiger partial charge in [-0.3, -0.25) is 0 Å². The molecule has 132 valence electrons. The predicted octanol–water partition coefficient (Wildman–Crippen LogP) is 7.41. The minimum Gasteiger partial charge on any atom is -0.310 e. The van der Waals surface area contributed by atoms with Gasteiger partial charge in [-0.2, -0.15) is 0 Å². The Morgan fingerprint density at radius 2 is 1.44 bits per heavy atom. The van der Waals surface area contributed by atoms with Crippen LogP contribution in [0.3, 0.4) is 0 Å². The van der Waals surface area contributed by atoms with Crippen LogP contribution in [0.15, 0.2) is 107 Å². The van der Waals surface area contributed by atoms with Crippen molar-refractivity contribution in [2.24, 2.45) is 0 Å². The summed E-state index contributed by atoms with van der Waals surface area (Å²) in [5.74, 6) is 0.346. The summed E-state index contributed by atoms with van der Waals surface area (Å²) in [6.45, 7) is 0. The second-order valence-electron chi connectivity index (χ2n) is 6.71. The number of benzene rings is 3. The van der Waals surface area contributed by atoms with Crippen molar-refractivity contribution in [3.8, 4) is 0 Å². The molecule has 0 spiro atoms. The molecule has 0 saturated carbocycles. The molecular formula is C24H18ClNS. The molecule has 1 aliphatic carbocycles. The lowest BCUT2D eigenvalue weighted by Crippen LogP contribution is -2.15. The molecule has 0 aromatic heterocycles. The fraction of sp³-hybridized carbons (Fsp3) is 0.0833. The quantitative estimate of drug-likeness (QED) is 0.460. The fourth-order valence-electron chi connectivity index (χ4n) is 3.88. The molecule has 0 bridgehead atoms. The van der Waals surface area contributed by atoms with Gasteiger partial charge < -0.3 is 4.90 Å². The average Bonchev–Trinajstić information content (AvgIpc) is 3.08. The zero-order valence-corrected chi connectivity index (χ0v) is 16.2. The molecule has 1 nitrogen and oxygen atoms in total. The van der Waals surface area contributed by atoms with Crippen LogP contribution in [0.5, 0.6) is 0 Å². The Morgan fingerprint density at radius 3 is 2.11 bits per heavy atom. The molecule has 0 saturated heterocycles. The normalized spacial score (nSPS) is 20.0. The van der Waals surface area contributed by atoms with E-state index >= 15 is 0 Å². The van der Waals surface area contributed by atoms with Crippen LogP contribution < -0.4 is 4.90 Å². The van der Waals surface area contributed by atoms with Crippen LogP contribution in [0.25, 0.3) is 0 Å². The van der Waals surface area contributed by atoms with E-state index in [1.165, 1.54) is 27.5 Å². The van der Waals surface area contributed by atoms with Crippen LogP contribution >= 0.6 is 23.4 Å². The number of rotatable bonds is 3. The molecule has 2 atom stereocenters. The minimum absolute atomic E-state index is 0.346. The number of allylic oxidation sites excluding steroid dienone is 3. The van der Waals surface area contributed by atoms with E-state index in [1.54, 1.807) is 0 Å². The topological polar surface area (TPSA) is 3.24 Å². The molecule has 2 aliphatic rings. The summed E-state index contributed by atoms with van der Waals surface area (Å²) in [5, 5.41) is 1.20. The number of hydrogen-bond acceptors (Lipinski definition) is 2. The molecule has 3 heteroatoms. The maximum atomic E-state index is 6.27. The van der Waals surface area contributed by atoms with Gasteiger partial charge >= 0.3 is 0 Å². The van der Waals surface area contributed by atoms with Gasteiger partial charge in [0.1, 0.15) is 0 Å². The van der Waals surface area contributed by atoms with E-state index < -0.39 is 0 Å². The summed E-state index contributed by atoms with van der Waals surface area (Å²) in [7, 11) is 0. The van der Waals surface area contributed by atoms with Crippen molar-refractivity contribution in [1.82, 2.24) is 0 Å². The minimum atomic E-state index is 0.346. The highest BCUT2D eigenvalue weighted by molar-refractivity contribution is 8.00. The van der Waals surface area contributed by atoms with Gasteiger partial charge in [0.2, 0.25) is 0 Å². The summed E-state index contributed by atoms with van der Waals surface area (Å²) < 4.78 is 0. The lowest BCUT2D eigenvalue weighted by atomic mass is 9.90. The van der Waals surface area contributed by atoms with Crippen LogP contribution in [-0.2, 0) is 0 Å². The number of thioether (sulfide) groups is 1. The van der Waals surface area contributed by atoms with Gasteiger partial charge in [-0.25, -0.2) is 0 Å².